The fourth-order valence-electron chi connectivity index (χ4n) is 1.75. The van der Waals surface area contributed by atoms with Gasteiger partial charge in [-0.05, 0) is 24.8 Å². The average Bonchev–Trinajstić information content (AvgIpc) is 2.19. The molecule has 66 valence electrons. The monoisotopic (exact) mass is 174 g/mol. The van der Waals surface area contributed by atoms with Crippen molar-refractivity contribution in [3.63, 3.8) is 0 Å². The van der Waals surface area contributed by atoms with E-state index in [1.54, 1.807) is 0 Å². The van der Waals surface area contributed by atoms with Crippen molar-refractivity contribution in [1.29, 1.82) is 0 Å². The molecule has 3 heteroatoms. The van der Waals surface area contributed by atoms with Crippen LogP contribution in [0.4, 0.5) is 0 Å². The number of rotatable bonds is 1. The van der Waals surface area contributed by atoms with Crippen LogP contribution in [0.2, 0.25) is 0 Å². The van der Waals surface area contributed by atoms with E-state index in [2.05, 4.69) is 16.5 Å². The van der Waals surface area contributed by atoms with Gasteiger partial charge in [0, 0.05) is 5.56 Å². The number of nitroso groups, excluding NO2 is 1. The van der Waals surface area contributed by atoms with Crippen molar-refractivity contribution < 1.29 is 0 Å². The molecule has 0 spiro atoms. The zero-order valence-electron chi connectivity index (χ0n) is 7.23. The minimum absolute atomic E-state index is 0.830. The predicted octanol–water partition coefficient (Wildman–Crippen LogP) is 2.49. The third-order valence-electron chi connectivity index (χ3n) is 2.35. The SMILES string of the molecule is O=N/N=C1\CCCc2ccccc21. The fraction of sp³-hybridized carbons (Fsp3) is 0.300. The second kappa shape index (κ2) is 3.47. The summed E-state index contributed by atoms with van der Waals surface area (Å²) in [4.78, 5) is 10.0. The van der Waals surface area contributed by atoms with Crippen LogP contribution in [0.15, 0.2) is 34.7 Å². The summed E-state index contributed by atoms with van der Waals surface area (Å²) in [6.07, 6.45) is 3.00. The zero-order valence-corrected chi connectivity index (χ0v) is 7.23. The van der Waals surface area contributed by atoms with E-state index in [1.165, 1.54) is 5.56 Å². The molecule has 0 radical (unpaired) electrons. The van der Waals surface area contributed by atoms with Crippen LogP contribution in [0.1, 0.15) is 24.0 Å². The molecule has 0 heterocycles. The van der Waals surface area contributed by atoms with Crippen LogP contribution in [0.25, 0.3) is 0 Å². The highest BCUT2D eigenvalue weighted by Crippen LogP contribution is 2.21. The van der Waals surface area contributed by atoms with Gasteiger partial charge in [-0.15, -0.1) is 10.0 Å². The van der Waals surface area contributed by atoms with Crippen molar-refractivity contribution in [3.8, 4) is 0 Å². The van der Waals surface area contributed by atoms with Gasteiger partial charge in [-0.25, -0.2) is 0 Å². The summed E-state index contributed by atoms with van der Waals surface area (Å²) in [5, 5.41) is 6.21. The Kier molecular flexibility index (Phi) is 2.17. The maximum absolute atomic E-state index is 10.0. The summed E-state index contributed by atoms with van der Waals surface area (Å²) < 4.78 is 0. The van der Waals surface area contributed by atoms with Crippen LogP contribution in [0, 0.1) is 4.91 Å². The molecule has 0 aromatic heterocycles. The maximum Gasteiger partial charge on any atom is 0.0800 e. The normalized spacial score (nSPS) is 18.3. The Balaban J connectivity index is 2.48. The number of aryl methyl sites for hydroxylation is 1. The van der Waals surface area contributed by atoms with Gasteiger partial charge in [-0.1, -0.05) is 24.3 Å². The summed E-state index contributed by atoms with van der Waals surface area (Å²) in [5.74, 6) is 0. The molecule has 1 aromatic carbocycles. The van der Waals surface area contributed by atoms with Gasteiger partial charge in [-0.2, -0.15) is 0 Å². The fourth-order valence-corrected chi connectivity index (χ4v) is 1.75. The van der Waals surface area contributed by atoms with Crippen LogP contribution >= 0.6 is 0 Å². The van der Waals surface area contributed by atoms with Crippen LogP contribution in [0.5, 0.6) is 0 Å². The maximum atomic E-state index is 10.0. The van der Waals surface area contributed by atoms with Crippen LogP contribution in [-0.2, 0) is 6.42 Å². The minimum atomic E-state index is 0.830. The highest BCUT2D eigenvalue weighted by Gasteiger charge is 2.14. The first-order valence-corrected chi connectivity index (χ1v) is 4.39. The van der Waals surface area contributed by atoms with Crippen molar-refractivity contribution in [3.05, 3.63) is 40.3 Å². The van der Waals surface area contributed by atoms with E-state index < -0.39 is 0 Å². The Bertz CT molecular complexity index is 358. The van der Waals surface area contributed by atoms with Crippen LogP contribution in [-0.4, -0.2) is 5.71 Å². The van der Waals surface area contributed by atoms with Crippen molar-refractivity contribution in [2.45, 2.75) is 19.3 Å². The molecule has 0 saturated carbocycles. The number of hydrogen-bond acceptors (Lipinski definition) is 2. The Morgan fingerprint density at radius 2 is 2.00 bits per heavy atom. The van der Waals surface area contributed by atoms with Gasteiger partial charge in [0.15, 0.2) is 0 Å². The quantitative estimate of drug-likeness (QED) is 0.476. The Morgan fingerprint density at radius 3 is 2.85 bits per heavy atom. The second-order valence-electron chi connectivity index (χ2n) is 3.14. The molecule has 1 aliphatic carbocycles. The van der Waals surface area contributed by atoms with E-state index in [-0.39, 0.29) is 0 Å². The first-order valence-electron chi connectivity index (χ1n) is 4.39. The first kappa shape index (κ1) is 8.10. The molecular weight excluding hydrogens is 164 g/mol. The summed E-state index contributed by atoms with van der Waals surface area (Å²) in [6, 6.07) is 8.05. The van der Waals surface area contributed by atoms with Crippen molar-refractivity contribution in [2.24, 2.45) is 10.4 Å². The molecule has 0 aliphatic heterocycles. The van der Waals surface area contributed by atoms with E-state index in [0.29, 0.717) is 0 Å². The lowest BCUT2D eigenvalue weighted by atomic mass is 9.90. The third-order valence-corrected chi connectivity index (χ3v) is 2.35. The predicted molar refractivity (Wildman–Crippen MR) is 51.7 cm³/mol. The highest BCUT2D eigenvalue weighted by molar-refractivity contribution is 6.02. The van der Waals surface area contributed by atoms with Crippen LogP contribution in [0.3, 0.4) is 0 Å². The molecular formula is C10H10N2O. The Labute approximate surface area is 76.4 Å². The van der Waals surface area contributed by atoms with Gasteiger partial charge in [-0.3, -0.25) is 0 Å². The number of hydrogen-bond donors (Lipinski definition) is 0. The summed E-state index contributed by atoms with van der Waals surface area (Å²) in [7, 11) is 0. The van der Waals surface area contributed by atoms with Crippen molar-refractivity contribution >= 4 is 5.71 Å². The van der Waals surface area contributed by atoms with Gasteiger partial charge < -0.3 is 0 Å². The standard InChI is InChI=1S/C10H10N2O/c13-12-11-10-7-3-5-8-4-1-2-6-9(8)10/h1-2,4,6H,3,5,7H2/b11-10+. The molecule has 0 atom stereocenters. The number of nitrogens with zero attached hydrogens (tertiary/aromatic N) is 2. The summed E-state index contributed by atoms with van der Waals surface area (Å²) in [5.41, 5.74) is 3.20. The molecule has 13 heavy (non-hydrogen) atoms. The summed E-state index contributed by atoms with van der Waals surface area (Å²) >= 11 is 0. The molecule has 0 bridgehead atoms. The van der Waals surface area contributed by atoms with E-state index in [4.69, 9.17) is 0 Å². The summed E-state index contributed by atoms with van der Waals surface area (Å²) in [6.45, 7) is 0. The minimum Gasteiger partial charge on any atom is -0.123 e. The molecule has 0 unspecified atom stereocenters. The van der Waals surface area contributed by atoms with Crippen LogP contribution < -0.4 is 0 Å². The Morgan fingerprint density at radius 1 is 1.15 bits per heavy atom. The van der Waals surface area contributed by atoms with Gasteiger partial charge in [0.25, 0.3) is 0 Å². The van der Waals surface area contributed by atoms with E-state index in [9.17, 15) is 4.91 Å². The van der Waals surface area contributed by atoms with Crippen molar-refractivity contribution in [1.82, 2.24) is 0 Å². The molecule has 1 aliphatic rings. The molecule has 0 N–H and O–H groups in total. The smallest absolute Gasteiger partial charge is 0.0800 e. The molecule has 1 aromatic rings. The molecule has 3 nitrogen and oxygen atoms in total. The Hall–Kier alpha value is -1.51. The molecule has 0 saturated heterocycles. The lowest BCUT2D eigenvalue weighted by Crippen LogP contribution is -2.10. The van der Waals surface area contributed by atoms with Gasteiger partial charge >= 0.3 is 0 Å². The topological polar surface area (TPSA) is 41.8 Å². The largest absolute Gasteiger partial charge is 0.123 e. The molecule has 0 fully saturated rings. The zero-order chi connectivity index (χ0) is 9.10. The average molecular weight is 174 g/mol. The molecule has 2 rings (SSSR count). The van der Waals surface area contributed by atoms with Crippen molar-refractivity contribution in [2.75, 3.05) is 0 Å². The molecule has 0 amide bonds. The lowest BCUT2D eigenvalue weighted by molar-refractivity contribution is 0.834. The van der Waals surface area contributed by atoms with Gasteiger partial charge in [0.05, 0.1) is 11.0 Å². The van der Waals surface area contributed by atoms with E-state index in [0.717, 1.165) is 30.5 Å². The first-order chi connectivity index (χ1) is 6.42. The third kappa shape index (κ3) is 1.49. The van der Waals surface area contributed by atoms with E-state index in [1.807, 2.05) is 18.2 Å². The number of benzene rings is 1. The highest BCUT2D eigenvalue weighted by atomic mass is 16.3. The number of fused-ring (bicyclic) bond motifs is 1. The lowest BCUT2D eigenvalue weighted by Gasteiger charge is -2.15. The van der Waals surface area contributed by atoms with Gasteiger partial charge in [0.1, 0.15) is 0 Å². The van der Waals surface area contributed by atoms with Gasteiger partial charge in [0.2, 0.25) is 0 Å². The second-order valence-corrected chi connectivity index (χ2v) is 3.14. The van der Waals surface area contributed by atoms with E-state index >= 15 is 0 Å².